The molecule has 4 N–H and O–H groups in total. The summed E-state index contributed by atoms with van der Waals surface area (Å²) < 4.78 is 5.04. The maximum Gasteiger partial charge on any atom is 0.417 e. The third kappa shape index (κ3) is 1.96. The maximum atomic E-state index is 11.2. The van der Waals surface area contributed by atoms with Crippen molar-refractivity contribution in [1.29, 1.82) is 0 Å². The van der Waals surface area contributed by atoms with E-state index in [0.29, 0.717) is 23.9 Å². The van der Waals surface area contributed by atoms with E-state index in [1.165, 1.54) is 0 Å². The van der Waals surface area contributed by atoms with E-state index in [1.807, 2.05) is 12.1 Å². The third-order valence-corrected chi connectivity index (χ3v) is 4.43. The Balaban J connectivity index is 2.13. The molecule has 0 radical (unpaired) electrons. The minimum atomic E-state index is -0.851. The molecule has 3 rings (SSSR count). The SMILES string of the molecule is NCC1(O)CCSc2cc3oc(=O)[nH]c3cc2C1. The van der Waals surface area contributed by atoms with Gasteiger partial charge >= 0.3 is 5.76 Å². The van der Waals surface area contributed by atoms with E-state index in [-0.39, 0.29) is 6.54 Å². The van der Waals surface area contributed by atoms with E-state index in [4.69, 9.17) is 10.2 Å². The lowest BCUT2D eigenvalue weighted by molar-refractivity contribution is 0.0471. The van der Waals surface area contributed by atoms with E-state index >= 15 is 0 Å². The van der Waals surface area contributed by atoms with E-state index in [0.717, 1.165) is 16.2 Å². The smallest absolute Gasteiger partial charge is 0.408 e. The predicted molar refractivity (Wildman–Crippen MR) is 69.9 cm³/mol. The van der Waals surface area contributed by atoms with E-state index in [9.17, 15) is 9.90 Å². The highest BCUT2D eigenvalue weighted by Gasteiger charge is 2.29. The first-order valence-electron chi connectivity index (χ1n) is 5.81. The Bertz CT molecular complexity index is 648. The summed E-state index contributed by atoms with van der Waals surface area (Å²) in [7, 11) is 0. The molecular weight excluding hydrogens is 252 g/mol. The van der Waals surface area contributed by atoms with Crippen molar-refractivity contribution >= 4 is 22.9 Å². The zero-order valence-electron chi connectivity index (χ0n) is 9.73. The molecule has 2 aromatic rings. The minimum absolute atomic E-state index is 0.243. The first-order chi connectivity index (χ1) is 8.59. The van der Waals surface area contributed by atoms with Gasteiger partial charge in [0.05, 0.1) is 11.1 Å². The number of hydrogen-bond acceptors (Lipinski definition) is 5. The quantitative estimate of drug-likeness (QED) is 0.711. The number of hydrogen-bond donors (Lipinski definition) is 3. The molecule has 0 saturated heterocycles. The summed E-state index contributed by atoms with van der Waals surface area (Å²) >= 11 is 1.66. The lowest BCUT2D eigenvalue weighted by Gasteiger charge is -2.24. The molecule has 0 saturated carbocycles. The number of rotatable bonds is 1. The van der Waals surface area contributed by atoms with Crippen LogP contribution in [0.4, 0.5) is 0 Å². The lowest BCUT2D eigenvalue weighted by Crippen LogP contribution is -2.39. The van der Waals surface area contributed by atoms with E-state index < -0.39 is 11.4 Å². The highest BCUT2D eigenvalue weighted by atomic mass is 32.2. The number of fused-ring (bicyclic) bond motifs is 2. The largest absolute Gasteiger partial charge is 0.417 e. The van der Waals surface area contributed by atoms with Crippen LogP contribution in [-0.2, 0) is 6.42 Å². The van der Waals surface area contributed by atoms with Gasteiger partial charge in [-0.25, -0.2) is 4.79 Å². The van der Waals surface area contributed by atoms with Gasteiger partial charge in [-0.15, -0.1) is 11.8 Å². The maximum absolute atomic E-state index is 11.2. The predicted octanol–water partition coefficient (Wildman–Crippen LogP) is 0.849. The summed E-state index contributed by atoms with van der Waals surface area (Å²) in [5.74, 6) is 0.352. The Hall–Kier alpha value is -1.24. The van der Waals surface area contributed by atoms with Crippen molar-refractivity contribution in [3.05, 3.63) is 28.2 Å². The van der Waals surface area contributed by atoms with E-state index in [1.54, 1.807) is 11.8 Å². The highest BCUT2D eigenvalue weighted by molar-refractivity contribution is 7.99. The second kappa shape index (κ2) is 4.15. The van der Waals surface area contributed by atoms with Crippen LogP contribution in [0.25, 0.3) is 11.1 Å². The Labute approximate surface area is 107 Å². The third-order valence-electron chi connectivity index (χ3n) is 3.33. The molecule has 1 atom stereocenters. The topological polar surface area (TPSA) is 92.2 Å². The number of nitrogens with one attached hydrogen (secondary N) is 1. The Morgan fingerprint density at radius 1 is 1.56 bits per heavy atom. The number of benzene rings is 1. The summed E-state index contributed by atoms with van der Waals surface area (Å²) in [6.45, 7) is 0.243. The average molecular weight is 266 g/mol. The second-order valence-corrected chi connectivity index (χ2v) is 5.81. The summed E-state index contributed by atoms with van der Waals surface area (Å²) in [5, 5.41) is 10.4. The first kappa shape index (κ1) is 11.8. The van der Waals surface area contributed by atoms with Gasteiger partial charge in [0.25, 0.3) is 0 Å². The number of H-pyrrole nitrogens is 1. The second-order valence-electron chi connectivity index (χ2n) is 4.67. The zero-order chi connectivity index (χ0) is 12.8. The number of oxazole rings is 1. The normalized spacial score (nSPS) is 23.9. The molecule has 1 aromatic carbocycles. The van der Waals surface area contributed by atoms with Crippen LogP contribution in [0.15, 0.2) is 26.2 Å². The summed E-state index contributed by atoms with van der Waals surface area (Å²) in [4.78, 5) is 14.8. The fourth-order valence-corrected chi connectivity index (χ4v) is 3.47. The van der Waals surface area contributed by atoms with E-state index in [2.05, 4.69) is 4.98 Å². The molecule has 0 fully saturated rings. The van der Waals surface area contributed by atoms with Gasteiger partial charge in [0, 0.05) is 23.6 Å². The van der Waals surface area contributed by atoms with Crippen molar-refractivity contribution in [3.63, 3.8) is 0 Å². The van der Waals surface area contributed by atoms with Gasteiger partial charge < -0.3 is 15.3 Å². The molecule has 0 amide bonds. The van der Waals surface area contributed by atoms with Crippen molar-refractivity contribution < 1.29 is 9.52 Å². The molecule has 96 valence electrons. The fourth-order valence-electron chi connectivity index (χ4n) is 2.26. The highest BCUT2D eigenvalue weighted by Crippen LogP contribution is 2.35. The van der Waals surface area contributed by atoms with Crippen molar-refractivity contribution in [2.75, 3.05) is 12.3 Å². The molecule has 18 heavy (non-hydrogen) atoms. The van der Waals surface area contributed by atoms with Crippen LogP contribution in [0.3, 0.4) is 0 Å². The molecule has 6 heteroatoms. The van der Waals surface area contributed by atoms with Gasteiger partial charge in [-0.2, -0.15) is 0 Å². The molecule has 1 aliphatic rings. The Morgan fingerprint density at radius 2 is 2.39 bits per heavy atom. The zero-order valence-corrected chi connectivity index (χ0v) is 10.5. The molecule has 1 aromatic heterocycles. The van der Waals surface area contributed by atoms with Crippen LogP contribution >= 0.6 is 11.8 Å². The van der Waals surface area contributed by atoms with Crippen LogP contribution in [0.5, 0.6) is 0 Å². The van der Waals surface area contributed by atoms with Gasteiger partial charge in [-0.1, -0.05) is 0 Å². The van der Waals surface area contributed by atoms with Crippen LogP contribution in [-0.4, -0.2) is 28.0 Å². The molecule has 0 aliphatic carbocycles. The van der Waals surface area contributed by atoms with Crippen LogP contribution in [0.2, 0.25) is 0 Å². The summed E-state index contributed by atoms with van der Waals surface area (Å²) in [5.41, 5.74) is 7.03. The fraction of sp³-hybridized carbons (Fsp3) is 0.417. The van der Waals surface area contributed by atoms with Crippen molar-refractivity contribution in [1.82, 2.24) is 4.98 Å². The number of thioether (sulfide) groups is 1. The standard InChI is InChI=1S/C12H14N2O3S/c13-6-12(16)1-2-18-10-4-9-8(3-7(10)5-12)14-11(15)17-9/h3-4,16H,1-2,5-6,13H2,(H,14,15). The van der Waals surface area contributed by atoms with Gasteiger partial charge in [-0.05, 0) is 24.1 Å². The number of aromatic nitrogens is 1. The number of aromatic amines is 1. The monoisotopic (exact) mass is 266 g/mol. The number of aliphatic hydroxyl groups is 1. The average Bonchev–Trinajstić information content (AvgIpc) is 2.59. The minimum Gasteiger partial charge on any atom is -0.408 e. The molecule has 5 nitrogen and oxygen atoms in total. The van der Waals surface area contributed by atoms with Gasteiger partial charge in [0.15, 0.2) is 5.58 Å². The van der Waals surface area contributed by atoms with Crippen LogP contribution in [0.1, 0.15) is 12.0 Å². The Kier molecular flexibility index (Phi) is 2.73. The molecular formula is C12H14N2O3S. The van der Waals surface area contributed by atoms with Gasteiger partial charge in [0.2, 0.25) is 0 Å². The van der Waals surface area contributed by atoms with Gasteiger partial charge in [0.1, 0.15) is 0 Å². The number of nitrogens with two attached hydrogens (primary N) is 1. The van der Waals surface area contributed by atoms with Crippen molar-refractivity contribution in [3.8, 4) is 0 Å². The molecule has 2 heterocycles. The molecule has 1 unspecified atom stereocenters. The summed E-state index contributed by atoms with van der Waals surface area (Å²) in [6.07, 6.45) is 1.18. The summed E-state index contributed by atoms with van der Waals surface area (Å²) in [6, 6.07) is 3.73. The Morgan fingerprint density at radius 3 is 3.17 bits per heavy atom. The first-order valence-corrected chi connectivity index (χ1v) is 6.79. The van der Waals surface area contributed by atoms with Crippen molar-refractivity contribution in [2.24, 2.45) is 5.73 Å². The lowest BCUT2D eigenvalue weighted by atomic mass is 9.92. The van der Waals surface area contributed by atoms with Crippen molar-refractivity contribution in [2.45, 2.75) is 23.3 Å². The van der Waals surface area contributed by atoms with Crippen LogP contribution < -0.4 is 11.5 Å². The molecule has 0 bridgehead atoms. The molecule has 0 spiro atoms. The molecule has 1 aliphatic heterocycles. The van der Waals surface area contributed by atoms with Crippen LogP contribution in [0, 0.1) is 0 Å². The van der Waals surface area contributed by atoms with Gasteiger partial charge in [-0.3, -0.25) is 4.98 Å².